The first kappa shape index (κ1) is 19.0. The van der Waals surface area contributed by atoms with E-state index >= 15 is 0 Å². The molecule has 4 rings (SSSR count). The molecule has 1 aromatic heterocycles. The minimum atomic E-state index is -3.44. The van der Waals surface area contributed by atoms with Crippen molar-refractivity contribution >= 4 is 20.9 Å². The molecule has 1 aliphatic rings. The third kappa shape index (κ3) is 3.54. The van der Waals surface area contributed by atoms with Gasteiger partial charge >= 0.3 is 0 Å². The Balaban J connectivity index is 1.44. The van der Waals surface area contributed by atoms with Crippen LogP contribution in [0, 0.1) is 12.8 Å². The number of H-pyrrole nitrogens is 1. The van der Waals surface area contributed by atoms with E-state index in [-0.39, 0.29) is 0 Å². The first-order chi connectivity index (χ1) is 13.5. The number of hydrogen-bond acceptors (Lipinski definition) is 3. The standard InChI is InChI=1S/C22H26N2O3S/c1-16-21(20-5-3-4-6-22(20)23-16)15-17-11-13-24(14-12-17)28(25,26)19-9-7-18(27-2)8-10-19/h3-10,17,23H,11-15H2,1-2H3. The van der Waals surface area contributed by atoms with Gasteiger partial charge in [-0.25, -0.2) is 8.42 Å². The quantitative estimate of drug-likeness (QED) is 0.703. The molecule has 0 amide bonds. The van der Waals surface area contributed by atoms with E-state index in [2.05, 4.69) is 30.1 Å². The second kappa shape index (κ2) is 7.60. The molecule has 0 aliphatic carbocycles. The molecule has 0 bridgehead atoms. The van der Waals surface area contributed by atoms with Crippen LogP contribution in [0.4, 0.5) is 0 Å². The largest absolute Gasteiger partial charge is 0.497 e. The summed E-state index contributed by atoms with van der Waals surface area (Å²) in [5.41, 5.74) is 3.76. The second-order valence-electron chi connectivity index (χ2n) is 7.50. The summed E-state index contributed by atoms with van der Waals surface area (Å²) in [5.74, 6) is 1.16. The molecule has 2 heterocycles. The Labute approximate surface area is 166 Å². The molecule has 6 heteroatoms. The summed E-state index contributed by atoms with van der Waals surface area (Å²) in [7, 11) is -1.87. The molecule has 0 radical (unpaired) electrons. The van der Waals surface area contributed by atoms with E-state index in [4.69, 9.17) is 4.74 Å². The van der Waals surface area contributed by atoms with Gasteiger partial charge < -0.3 is 9.72 Å². The first-order valence-electron chi connectivity index (χ1n) is 9.69. The SMILES string of the molecule is COc1ccc(S(=O)(=O)N2CCC(Cc3c(C)[nH]c4ccccc34)CC2)cc1. The minimum Gasteiger partial charge on any atom is -0.497 e. The number of ether oxygens (including phenoxy) is 1. The van der Waals surface area contributed by atoms with Gasteiger partial charge in [0.2, 0.25) is 10.0 Å². The second-order valence-corrected chi connectivity index (χ2v) is 9.44. The fourth-order valence-corrected chi connectivity index (χ4v) is 5.61. The van der Waals surface area contributed by atoms with Crippen LogP contribution in [-0.4, -0.2) is 37.9 Å². The Bertz CT molecular complexity index is 1060. The molecule has 1 aliphatic heterocycles. The zero-order valence-corrected chi connectivity index (χ0v) is 17.1. The van der Waals surface area contributed by atoms with Crippen LogP contribution in [0.5, 0.6) is 5.75 Å². The van der Waals surface area contributed by atoms with Gasteiger partial charge in [0.25, 0.3) is 0 Å². The molecule has 0 saturated carbocycles. The van der Waals surface area contributed by atoms with Gasteiger partial charge in [-0.3, -0.25) is 0 Å². The molecular formula is C22H26N2O3S. The van der Waals surface area contributed by atoms with Crippen LogP contribution >= 0.6 is 0 Å². The minimum absolute atomic E-state index is 0.333. The third-order valence-electron chi connectivity index (χ3n) is 5.79. The Hall–Kier alpha value is -2.31. The Morgan fingerprint density at radius 3 is 2.43 bits per heavy atom. The van der Waals surface area contributed by atoms with Crippen LogP contribution in [0.25, 0.3) is 10.9 Å². The van der Waals surface area contributed by atoms with Gasteiger partial charge in [-0.15, -0.1) is 0 Å². The van der Waals surface area contributed by atoms with Crippen molar-refractivity contribution in [1.82, 2.24) is 9.29 Å². The first-order valence-corrected chi connectivity index (χ1v) is 11.1. The molecule has 0 atom stereocenters. The Morgan fingerprint density at radius 1 is 1.07 bits per heavy atom. The fourth-order valence-electron chi connectivity index (χ4n) is 4.14. The lowest BCUT2D eigenvalue weighted by atomic mass is 9.90. The van der Waals surface area contributed by atoms with E-state index in [9.17, 15) is 8.42 Å². The smallest absolute Gasteiger partial charge is 0.243 e. The maximum atomic E-state index is 12.9. The lowest BCUT2D eigenvalue weighted by Crippen LogP contribution is -2.38. The highest BCUT2D eigenvalue weighted by molar-refractivity contribution is 7.89. The van der Waals surface area contributed by atoms with Crippen LogP contribution in [0.15, 0.2) is 53.4 Å². The number of rotatable bonds is 5. The molecule has 1 fully saturated rings. The van der Waals surface area contributed by atoms with Crippen LogP contribution in [0.1, 0.15) is 24.1 Å². The van der Waals surface area contributed by atoms with Gasteiger partial charge in [-0.2, -0.15) is 4.31 Å². The lowest BCUT2D eigenvalue weighted by Gasteiger charge is -2.31. The summed E-state index contributed by atoms with van der Waals surface area (Å²) in [5, 5.41) is 1.29. The molecule has 148 valence electrons. The van der Waals surface area contributed by atoms with Crippen molar-refractivity contribution in [2.24, 2.45) is 5.92 Å². The number of methoxy groups -OCH3 is 1. The van der Waals surface area contributed by atoms with E-state index in [1.54, 1.807) is 35.7 Å². The van der Waals surface area contributed by atoms with Crippen molar-refractivity contribution in [3.63, 3.8) is 0 Å². The number of aryl methyl sites for hydroxylation is 1. The lowest BCUT2D eigenvalue weighted by molar-refractivity contribution is 0.273. The van der Waals surface area contributed by atoms with Gasteiger partial charge in [-0.05, 0) is 68.0 Å². The summed E-state index contributed by atoms with van der Waals surface area (Å²) in [6, 6.07) is 15.0. The summed E-state index contributed by atoms with van der Waals surface area (Å²) >= 11 is 0. The van der Waals surface area contributed by atoms with Crippen molar-refractivity contribution < 1.29 is 13.2 Å². The number of nitrogens with one attached hydrogen (secondary N) is 1. The number of para-hydroxylation sites is 1. The highest BCUT2D eigenvalue weighted by Gasteiger charge is 2.30. The number of hydrogen-bond donors (Lipinski definition) is 1. The number of aromatic amines is 1. The highest BCUT2D eigenvalue weighted by Crippen LogP contribution is 2.30. The summed E-state index contributed by atoms with van der Waals surface area (Å²) < 4.78 is 32.6. The zero-order chi connectivity index (χ0) is 19.7. The van der Waals surface area contributed by atoms with Crippen LogP contribution < -0.4 is 4.74 Å². The number of aromatic nitrogens is 1. The normalized spacial score (nSPS) is 16.5. The molecule has 3 aromatic rings. The molecule has 28 heavy (non-hydrogen) atoms. The van der Waals surface area contributed by atoms with E-state index in [1.807, 2.05) is 6.07 Å². The molecule has 5 nitrogen and oxygen atoms in total. The highest BCUT2D eigenvalue weighted by atomic mass is 32.2. The average Bonchev–Trinajstić information content (AvgIpc) is 3.04. The van der Waals surface area contributed by atoms with Crippen molar-refractivity contribution in [2.75, 3.05) is 20.2 Å². The molecule has 2 aromatic carbocycles. The van der Waals surface area contributed by atoms with Crippen LogP contribution in [-0.2, 0) is 16.4 Å². The van der Waals surface area contributed by atoms with Crippen molar-refractivity contribution in [2.45, 2.75) is 31.1 Å². The number of benzene rings is 2. The van der Waals surface area contributed by atoms with Crippen LogP contribution in [0.2, 0.25) is 0 Å². The molecule has 1 saturated heterocycles. The van der Waals surface area contributed by atoms with Gasteiger partial charge in [0.05, 0.1) is 12.0 Å². The molecule has 1 N–H and O–H groups in total. The van der Waals surface area contributed by atoms with E-state index in [0.29, 0.717) is 29.7 Å². The maximum absolute atomic E-state index is 12.9. The molecule has 0 unspecified atom stereocenters. The summed E-state index contributed by atoms with van der Waals surface area (Å²) in [6.07, 6.45) is 2.76. The molecular weight excluding hydrogens is 372 g/mol. The Morgan fingerprint density at radius 2 is 1.75 bits per heavy atom. The average molecular weight is 399 g/mol. The zero-order valence-electron chi connectivity index (χ0n) is 16.3. The number of piperidine rings is 1. The number of fused-ring (bicyclic) bond motifs is 1. The molecule has 0 spiro atoms. The van der Waals surface area contributed by atoms with Gasteiger partial charge in [0.1, 0.15) is 5.75 Å². The van der Waals surface area contributed by atoms with Crippen molar-refractivity contribution in [1.29, 1.82) is 0 Å². The van der Waals surface area contributed by atoms with E-state index in [1.165, 1.54) is 22.2 Å². The van der Waals surface area contributed by atoms with Crippen molar-refractivity contribution in [3.05, 3.63) is 59.8 Å². The predicted octanol–water partition coefficient (Wildman–Crippen LogP) is 4.13. The monoisotopic (exact) mass is 398 g/mol. The van der Waals surface area contributed by atoms with E-state index < -0.39 is 10.0 Å². The van der Waals surface area contributed by atoms with E-state index in [0.717, 1.165) is 19.3 Å². The summed E-state index contributed by atoms with van der Waals surface area (Å²) in [6.45, 7) is 3.26. The number of sulfonamides is 1. The predicted molar refractivity (Wildman–Crippen MR) is 111 cm³/mol. The maximum Gasteiger partial charge on any atom is 0.243 e. The van der Waals surface area contributed by atoms with Gasteiger partial charge in [0, 0.05) is 29.7 Å². The van der Waals surface area contributed by atoms with Gasteiger partial charge in [-0.1, -0.05) is 18.2 Å². The van der Waals surface area contributed by atoms with Crippen LogP contribution in [0.3, 0.4) is 0 Å². The summed E-state index contributed by atoms with van der Waals surface area (Å²) in [4.78, 5) is 3.80. The number of nitrogens with zero attached hydrogens (tertiary/aromatic N) is 1. The van der Waals surface area contributed by atoms with Gasteiger partial charge in [0.15, 0.2) is 0 Å². The fraction of sp³-hybridized carbons (Fsp3) is 0.364. The van der Waals surface area contributed by atoms with Crippen molar-refractivity contribution in [3.8, 4) is 5.75 Å². The third-order valence-corrected chi connectivity index (χ3v) is 7.70. The Kier molecular flexibility index (Phi) is 5.17. The topological polar surface area (TPSA) is 62.4 Å².